The van der Waals surface area contributed by atoms with E-state index in [1.165, 1.54) is 31.8 Å². The van der Waals surface area contributed by atoms with Gasteiger partial charge in [-0.15, -0.1) is 0 Å². The van der Waals surface area contributed by atoms with Gasteiger partial charge in [-0.25, -0.2) is 0 Å². The Balaban J connectivity index is 1.55. The Morgan fingerprint density at radius 1 is 1.00 bits per heavy atom. The Hall–Kier alpha value is -1.46. The van der Waals surface area contributed by atoms with E-state index < -0.39 is 21.4 Å². The van der Waals surface area contributed by atoms with Crippen molar-refractivity contribution >= 4 is 53.2 Å². The molecule has 3 aliphatic rings. The molecule has 3 aliphatic heterocycles. The number of hydrogen-bond acceptors (Lipinski definition) is 3. The number of fused-ring (bicyclic) bond motifs is 3. The summed E-state index contributed by atoms with van der Waals surface area (Å²) in [6.07, 6.45) is 0.935. The van der Waals surface area contributed by atoms with Gasteiger partial charge < -0.3 is 0 Å². The number of imide groups is 1. The van der Waals surface area contributed by atoms with Crippen molar-refractivity contribution in [2.45, 2.75) is 15.3 Å². The Morgan fingerprint density at radius 3 is 2.50 bits per heavy atom. The van der Waals surface area contributed by atoms with Crippen LogP contribution in [0.1, 0.15) is 11.1 Å². The van der Waals surface area contributed by atoms with Crippen molar-refractivity contribution in [2.75, 3.05) is 0 Å². The predicted octanol–water partition coefficient (Wildman–Crippen LogP) is 2.67. The molecule has 2 aromatic rings. The fraction of sp³-hybridized carbons (Fsp3) is 0.158. The van der Waals surface area contributed by atoms with Crippen molar-refractivity contribution in [1.29, 1.82) is 0 Å². The summed E-state index contributed by atoms with van der Waals surface area (Å²) >= 11 is -0.875. The second-order valence-electron chi connectivity index (χ2n) is 6.50. The van der Waals surface area contributed by atoms with Crippen LogP contribution in [0.2, 0.25) is 3.67 Å². The maximum atomic E-state index is 12.1. The van der Waals surface area contributed by atoms with E-state index in [2.05, 4.69) is 53.8 Å². The van der Waals surface area contributed by atoms with Crippen LogP contribution in [0.5, 0.6) is 0 Å². The van der Waals surface area contributed by atoms with Crippen LogP contribution in [-0.2, 0) is 11.2 Å². The van der Waals surface area contributed by atoms with Crippen molar-refractivity contribution in [1.82, 2.24) is 5.32 Å². The summed E-state index contributed by atoms with van der Waals surface area (Å²) in [4.78, 5) is 23.7. The minimum atomic E-state index is -2.08. The molecular formula is C19H14InNO2S. The summed E-state index contributed by atoms with van der Waals surface area (Å²) in [6.45, 7) is 0. The fourth-order valence-corrected chi connectivity index (χ4v) is 19.7. The van der Waals surface area contributed by atoms with Gasteiger partial charge in [0.2, 0.25) is 0 Å². The van der Waals surface area contributed by atoms with Crippen molar-refractivity contribution in [3.05, 3.63) is 69.1 Å². The fourth-order valence-electron chi connectivity index (χ4n) is 4.17. The van der Waals surface area contributed by atoms with E-state index in [1.807, 2.05) is 6.07 Å². The van der Waals surface area contributed by atoms with E-state index in [9.17, 15) is 9.59 Å². The maximum absolute atomic E-state index is 12.1. The molecule has 2 saturated heterocycles. The van der Waals surface area contributed by atoms with Gasteiger partial charge in [0.05, 0.1) is 0 Å². The Morgan fingerprint density at radius 2 is 1.75 bits per heavy atom. The molecule has 0 bridgehead atoms. The van der Waals surface area contributed by atoms with E-state index in [4.69, 9.17) is 0 Å². The molecule has 24 heavy (non-hydrogen) atoms. The number of allylic oxidation sites excluding steroid dienone is 2. The van der Waals surface area contributed by atoms with Gasteiger partial charge in [-0.3, -0.25) is 0 Å². The number of hydrogen-bond donors (Lipinski definition) is 1. The van der Waals surface area contributed by atoms with Crippen LogP contribution in [0.25, 0.3) is 5.57 Å². The quantitative estimate of drug-likeness (QED) is 0.807. The third kappa shape index (κ3) is 2.21. The van der Waals surface area contributed by atoms with Crippen LogP contribution in [-0.4, -0.2) is 37.8 Å². The Bertz CT molecular complexity index is 909. The van der Waals surface area contributed by atoms with Crippen molar-refractivity contribution < 1.29 is 9.59 Å². The predicted molar refractivity (Wildman–Crippen MR) is 97.6 cm³/mol. The van der Waals surface area contributed by atoms with Crippen LogP contribution in [0, 0.1) is 0 Å². The molecule has 0 aromatic heterocycles. The van der Waals surface area contributed by atoms with Gasteiger partial charge in [0.15, 0.2) is 0 Å². The average Bonchev–Trinajstić information content (AvgIpc) is 3.11. The molecule has 2 aromatic carbocycles. The summed E-state index contributed by atoms with van der Waals surface area (Å²) in [5.41, 5.74) is 4.16. The minimum absolute atomic E-state index is 0.0786. The van der Waals surface area contributed by atoms with Gasteiger partial charge in [-0.1, -0.05) is 0 Å². The normalized spacial score (nSPS) is 24.1. The molecule has 2 atom stereocenters. The molecule has 5 heteroatoms. The molecule has 0 radical (unpaired) electrons. The second kappa shape index (κ2) is 5.53. The van der Waals surface area contributed by atoms with Crippen molar-refractivity contribution in [3.63, 3.8) is 0 Å². The number of carbonyl (C=O) groups is 2. The van der Waals surface area contributed by atoms with Gasteiger partial charge in [0.1, 0.15) is 0 Å². The molecule has 0 aliphatic carbocycles. The Kier molecular flexibility index (Phi) is 3.42. The van der Waals surface area contributed by atoms with E-state index in [1.54, 1.807) is 3.33 Å². The summed E-state index contributed by atoms with van der Waals surface area (Å²) in [6, 6.07) is 19.2. The van der Waals surface area contributed by atoms with E-state index >= 15 is 0 Å². The molecule has 2 amide bonds. The van der Waals surface area contributed by atoms with E-state index in [-0.39, 0.29) is 16.4 Å². The first kappa shape index (κ1) is 14.8. The zero-order valence-electron chi connectivity index (χ0n) is 12.9. The van der Waals surface area contributed by atoms with Crippen molar-refractivity contribution in [2.24, 2.45) is 0 Å². The molecule has 0 spiro atoms. The van der Waals surface area contributed by atoms with Crippen LogP contribution in [0.3, 0.4) is 0 Å². The molecular weight excluding hydrogens is 421 g/mol. The first-order chi connectivity index (χ1) is 11.7. The molecule has 1 N–H and O–H groups in total. The summed E-state index contributed by atoms with van der Waals surface area (Å²) in [7, 11) is 0. The van der Waals surface area contributed by atoms with Crippen LogP contribution in [0.15, 0.2) is 57.9 Å². The summed E-state index contributed by atoms with van der Waals surface area (Å²) in [5.74, 6) is -0.0786. The van der Waals surface area contributed by atoms with Gasteiger partial charge in [-0.2, -0.15) is 0 Å². The summed E-state index contributed by atoms with van der Waals surface area (Å²) in [5, 5.41) is 2.11. The number of carbonyl (C=O) groups excluding carboxylic acids is 2. The third-order valence-corrected chi connectivity index (χ3v) is 17.4. The topological polar surface area (TPSA) is 46.2 Å². The van der Waals surface area contributed by atoms with Crippen LogP contribution in [0.4, 0.5) is 4.79 Å². The van der Waals surface area contributed by atoms with Gasteiger partial charge >= 0.3 is 153 Å². The zero-order chi connectivity index (χ0) is 16.3. The number of amides is 2. The molecule has 2 unspecified atom stereocenters. The van der Waals surface area contributed by atoms with Crippen molar-refractivity contribution in [3.8, 4) is 0 Å². The van der Waals surface area contributed by atoms with Gasteiger partial charge in [0, 0.05) is 0 Å². The third-order valence-electron chi connectivity index (χ3n) is 5.18. The van der Waals surface area contributed by atoms with Crippen LogP contribution < -0.4 is 8.64 Å². The van der Waals surface area contributed by atoms with Gasteiger partial charge in [-0.05, 0) is 0 Å². The molecule has 116 valence electrons. The van der Waals surface area contributed by atoms with E-state index in [0.29, 0.717) is 3.67 Å². The molecule has 3 heterocycles. The average molecular weight is 435 g/mol. The zero-order valence-corrected chi connectivity index (χ0v) is 17.0. The number of rotatable bonds is 3. The number of nitrogens with one attached hydrogen (secondary N) is 1. The summed E-state index contributed by atoms with van der Waals surface area (Å²) < 4.78 is 3.49. The monoisotopic (exact) mass is 435 g/mol. The second-order valence-corrected chi connectivity index (χ2v) is 15.9. The number of thioether (sulfide) groups is 1. The molecule has 2 fully saturated rings. The SMILES string of the molecule is O=C1NC(=O)C([CH]2[C]3=C(Cc4ccccc4)c4cccc[c]4[In]32)S1. The molecule has 5 rings (SSSR count). The van der Waals surface area contributed by atoms with E-state index in [0.717, 1.165) is 6.42 Å². The molecule has 3 nitrogen and oxygen atoms in total. The van der Waals surface area contributed by atoms with Crippen LogP contribution >= 0.6 is 11.8 Å². The first-order valence-electron chi connectivity index (χ1n) is 8.11. The first-order valence-corrected chi connectivity index (χ1v) is 14.2. The Labute approximate surface area is 152 Å². The van der Waals surface area contributed by atoms with Gasteiger partial charge in [0.25, 0.3) is 0 Å². The standard InChI is InChI=1S/C19H14NO2S.In/c21-18-17(23-19(22)20-18)12-11-16(15-9-5-2-6-10-15)13-14-7-3-1-4-8-14;/h1-9,12,17H,13H2,(H,20,21,22);. The molecule has 0 saturated carbocycles. The number of benzene rings is 2.